The number of hydrogen-bond donors (Lipinski definition) is 1. The van der Waals surface area contributed by atoms with Gasteiger partial charge in [0, 0.05) is 25.7 Å². The first-order valence-corrected chi connectivity index (χ1v) is 12.5. The molecule has 0 radical (unpaired) electrons. The molecule has 170 valence electrons. The van der Waals surface area contributed by atoms with Gasteiger partial charge in [0.25, 0.3) is 0 Å². The van der Waals surface area contributed by atoms with E-state index in [1.165, 1.54) is 38.0 Å². The van der Waals surface area contributed by atoms with Gasteiger partial charge in [-0.05, 0) is 50.1 Å². The quantitative estimate of drug-likeness (QED) is 0.473. The minimum absolute atomic E-state index is 0.118. The van der Waals surface area contributed by atoms with Crippen molar-refractivity contribution in [2.24, 2.45) is 0 Å². The van der Waals surface area contributed by atoms with Crippen molar-refractivity contribution in [3.05, 3.63) is 54.2 Å². The number of carbonyl (C=O) groups excluding carboxylic acids is 1. The second-order valence-corrected chi connectivity index (χ2v) is 11.3. The van der Waals surface area contributed by atoms with Crippen LogP contribution >= 0.6 is 11.8 Å². The molecule has 2 aromatic heterocycles. The molecule has 1 aliphatic carbocycles. The van der Waals surface area contributed by atoms with Gasteiger partial charge in [0.05, 0.1) is 23.0 Å². The van der Waals surface area contributed by atoms with Gasteiger partial charge in [-0.1, -0.05) is 17.8 Å². The number of thioether (sulfide) groups is 1. The average molecular weight is 476 g/mol. The van der Waals surface area contributed by atoms with Gasteiger partial charge in [0.2, 0.25) is 15.9 Å². The number of hydrogen-bond acceptors (Lipinski definition) is 7. The topological polar surface area (TPSA) is 110 Å². The summed E-state index contributed by atoms with van der Waals surface area (Å²) >= 11 is 1.31. The lowest BCUT2D eigenvalue weighted by atomic mass is 10.3. The molecule has 9 nitrogen and oxygen atoms in total. The Morgan fingerprint density at radius 2 is 2.06 bits per heavy atom. The summed E-state index contributed by atoms with van der Waals surface area (Å²) in [6, 6.07) is 9.95. The molecule has 1 aliphatic rings. The largest absolute Gasteiger partial charge is 0.467 e. The Morgan fingerprint density at radius 1 is 1.28 bits per heavy atom. The van der Waals surface area contributed by atoms with Crippen molar-refractivity contribution in [1.29, 1.82) is 0 Å². The summed E-state index contributed by atoms with van der Waals surface area (Å²) in [6.45, 7) is 2.29. The molecular formula is C21H25N5O4S2. The highest BCUT2D eigenvalue weighted by Gasteiger charge is 2.31. The highest BCUT2D eigenvalue weighted by atomic mass is 32.2. The number of rotatable bonds is 9. The molecule has 1 fully saturated rings. The van der Waals surface area contributed by atoms with Gasteiger partial charge in [0.1, 0.15) is 11.6 Å². The van der Waals surface area contributed by atoms with Gasteiger partial charge in [-0.3, -0.25) is 9.36 Å². The number of furan rings is 1. The number of carbonyl (C=O) groups is 1. The Hall–Kier alpha value is -2.63. The maximum Gasteiger partial charge on any atom is 0.242 e. The lowest BCUT2D eigenvalue weighted by Crippen LogP contribution is -2.24. The molecule has 32 heavy (non-hydrogen) atoms. The van der Waals surface area contributed by atoms with E-state index >= 15 is 0 Å². The third-order valence-corrected chi connectivity index (χ3v) is 8.01. The first-order chi connectivity index (χ1) is 15.3. The zero-order valence-electron chi connectivity index (χ0n) is 18.1. The molecule has 1 unspecified atom stereocenters. The van der Waals surface area contributed by atoms with Crippen molar-refractivity contribution < 1.29 is 17.6 Å². The fourth-order valence-corrected chi connectivity index (χ4v) is 4.94. The lowest BCUT2D eigenvalue weighted by Gasteiger charge is -2.15. The number of sulfonamides is 1. The Morgan fingerprint density at radius 3 is 2.72 bits per heavy atom. The van der Waals surface area contributed by atoms with Crippen LogP contribution in [0.25, 0.3) is 0 Å². The monoisotopic (exact) mass is 475 g/mol. The van der Waals surface area contributed by atoms with Crippen molar-refractivity contribution in [3.63, 3.8) is 0 Å². The van der Waals surface area contributed by atoms with Crippen LogP contribution in [0.3, 0.4) is 0 Å². The second kappa shape index (κ2) is 9.08. The van der Waals surface area contributed by atoms with Gasteiger partial charge in [-0.2, -0.15) is 0 Å². The number of amides is 1. The van der Waals surface area contributed by atoms with Crippen LogP contribution in [0.1, 0.15) is 37.3 Å². The zero-order chi connectivity index (χ0) is 22.9. The molecule has 1 atom stereocenters. The van der Waals surface area contributed by atoms with E-state index in [0.717, 1.165) is 28.7 Å². The number of anilines is 1. The van der Waals surface area contributed by atoms with Gasteiger partial charge < -0.3 is 9.73 Å². The molecule has 0 bridgehead atoms. The molecule has 1 saturated carbocycles. The highest BCUT2D eigenvalue weighted by molar-refractivity contribution is 8.00. The van der Waals surface area contributed by atoms with E-state index in [9.17, 15) is 13.2 Å². The van der Waals surface area contributed by atoms with Gasteiger partial charge in [0.15, 0.2) is 5.16 Å². The number of nitrogens with one attached hydrogen (secondary N) is 1. The number of nitrogens with zero attached hydrogens (tertiary/aromatic N) is 4. The summed E-state index contributed by atoms with van der Waals surface area (Å²) in [5.74, 6) is 1.86. The second-order valence-electron chi connectivity index (χ2n) is 7.85. The highest BCUT2D eigenvalue weighted by Crippen LogP contribution is 2.40. The molecule has 0 aliphatic heterocycles. The summed E-state index contributed by atoms with van der Waals surface area (Å²) in [5, 5.41) is 11.7. The predicted molar refractivity (Wildman–Crippen MR) is 121 cm³/mol. The Labute approximate surface area is 191 Å². The maximum absolute atomic E-state index is 12.8. The van der Waals surface area contributed by atoms with Crippen molar-refractivity contribution in [3.8, 4) is 0 Å². The molecule has 1 aromatic carbocycles. The summed E-state index contributed by atoms with van der Waals surface area (Å²) in [7, 11) is -0.655. The van der Waals surface area contributed by atoms with E-state index in [1.807, 2.05) is 16.7 Å². The zero-order valence-corrected chi connectivity index (χ0v) is 19.7. The molecule has 3 aromatic rings. The lowest BCUT2D eigenvalue weighted by molar-refractivity contribution is -0.115. The first-order valence-electron chi connectivity index (χ1n) is 10.2. The van der Waals surface area contributed by atoms with E-state index in [-0.39, 0.29) is 10.8 Å². The Bertz CT molecular complexity index is 1200. The predicted octanol–water partition coefficient (Wildman–Crippen LogP) is 3.17. The van der Waals surface area contributed by atoms with Crippen LogP contribution in [0.15, 0.2) is 57.1 Å². The van der Waals surface area contributed by atoms with Crippen LogP contribution in [-0.4, -0.2) is 52.7 Å². The van der Waals surface area contributed by atoms with E-state index in [2.05, 4.69) is 15.5 Å². The van der Waals surface area contributed by atoms with Crippen molar-refractivity contribution in [2.75, 3.05) is 19.4 Å². The average Bonchev–Trinajstić information content (AvgIpc) is 3.33. The SMILES string of the molecule is CC(Sc1nnc(C2CC2)n1Cc1ccco1)C(=O)Nc1cccc(S(=O)(=O)N(C)C)c1. The molecule has 0 spiro atoms. The van der Waals surface area contributed by atoms with Crippen LogP contribution in [-0.2, 0) is 21.4 Å². The van der Waals surface area contributed by atoms with Crippen LogP contribution in [0, 0.1) is 0 Å². The van der Waals surface area contributed by atoms with Gasteiger partial charge in [-0.25, -0.2) is 12.7 Å². The summed E-state index contributed by atoms with van der Waals surface area (Å²) in [5.41, 5.74) is 0.418. The first kappa shape index (κ1) is 22.6. The Kier molecular flexibility index (Phi) is 6.40. The van der Waals surface area contributed by atoms with Crippen molar-refractivity contribution in [2.45, 2.75) is 47.5 Å². The van der Waals surface area contributed by atoms with Gasteiger partial charge >= 0.3 is 0 Å². The van der Waals surface area contributed by atoms with Crippen LogP contribution in [0.4, 0.5) is 5.69 Å². The standard InChI is InChI=1S/C21H25N5O4S2/c1-14(20(27)22-16-6-4-8-18(12-16)32(28,29)25(2)3)31-21-24-23-19(15-9-10-15)26(21)13-17-7-5-11-30-17/h4-8,11-12,14-15H,9-10,13H2,1-3H3,(H,22,27). The molecular weight excluding hydrogens is 450 g/mol. The van der Waals surface area contributed by atoms with E-state index in [0.29, 0.717) is 23.3 Å². The van der Waals surface area contributed by atoms with Crippen molar-refractivity contribution in [1.82, 2.24) is 19.1 Å². The molecule has 0 saturated heterocycles. The summed E-state index contributed by atoms with van der Waals surface area (Å²) < 4.78 is 33.3. The fraction of sp³-hybridized carbons (Fsp3) is 0.381. The molecule has 1 N–H and O–H groups in total. The maximum atomic E-state index is 12.8. The molecule has 11 heteroatoms. The minimum Gasteiger partial charge on any atom is -0.467 e. The van der Waals surface area contributed by atoms with Crippen LogP contribution in [0.2, 0.25) is 0 Å². The smallest absolute Gasteiger partial charge is 0.242 e. The van der Waals surface area contributed by atoms with E-state index in [4.69, 9.17) is 4.42 Å². The van der Waals surface area contributed by atoms with Crippen LogP contribution in [0.5, 0.6) is 0 Å². The molecule has 2 heterocycles. The minimum atomic E-state index is -3.59. The summed E-state index contributed by atoms with van der Waals surface area (Å²) in [6.07, 6.45) is 3.80. The number of benzene rings is 1. The normalized spacial score (nSPS) is 15.1. The van der Waals surface area contributed by atoms with E-state index in [1.54, 1.807) is 25.3 Å². The molecule has 4 rings (SSSR count). The third-order valence-electron chi connectivity index (χ3n) is 5.11. The molecule has 1 amide bonds. The van der Waals surface area contributed by atoms with Crippen molar-refractivity contribution >= 4 is 33.4 Å². The third kappa shape index (κ3) is 4.89. The van der Waals surface area contributed by atoms with Crippen LogP contribution < -0.4 is 5.32 Å². The van der Waals surface area contributed by atoms with E-state index < -0.39 is 15.3 Å². The van der Waals surface area contributed by atoms with Gasteiger partial charge in [-0.15, -0.1) is 10.2 Å². The summed E-state index contributed by atoms with van der Waals surface area (Å²) in [4.78, 5) is 12.9. The number of aromatic nitrogens is 3. The Balaban J connectivity index is 1.48. The fourth-order valence-electron chi connectivity index (χ4n) is 3.14.